The minimum absolute atomic E-state index is 0.0526. The van der Waals surface area contributed by atoms with Crippen LogP contribution in [0.5, 0.6) is 0 Å². The highest BCUT2D eigenvalue weighted by molar-refractivity contribution is 8.00. The van der Waals surface area contributed by atoms with Crippen molar-refractivity contribution >= 4 is 55.9 Å². The second kappa shape index (κ2) is 10.3. The Morgan fingerprint density at radius 3 is 2.68 bits per heavy atom. The summed E-state index contributed by atoms with van der Waals surface area (Å²) in [7, 11) is 0. The van der Waals surface area contributed by atoms with E-state index in [-0.39, 0.29) is 23.0 Å². The molecule has 4 rings (SSSR count). The van der Waals surface area contributed by atoms with Crippen molar-refractivity contribution in [3.8, 4) is 0 Å². The summed E-state index contributed by atoms with van der Waals surface area (Å²) in [6.07, 6.45) is 6.15. The van der Waals surface area contributed by atoms with Gasteiger partial charge in [-0.3, -0.25) is 9.59 Å². The standard InChI is InChI=1S/C24H27N3O2S2/c1-2-20(23(29)27-24-26-19-13-6-7-14-21(19)31-24)30-18-12-8-11-17(15-18)25-22(28)16-9-4-3-5-10-16/h6-8,11-16,20H,2-5,9-10H2,1H3,(H,25,28)(H,26,27,29). The number of carbonyl (C=O) groups is 2. The molecule has 0 bridgehead atoms. The number of thioether (sulfide) groups is 1. The van der Waals surface area contributed by atoms with E-state index in [0.717, 1.165) is 46.5 Å². The predicted octanol–water partition coefficient (Wildman–Crippen LogP) is 6.32. The van der Waals surface area contributed by atoms with Crippen molar-refractivity contribution in [1.82, 2.24) is 4.98 Å². The molecule has 7 heteroatoms. The Labute approximate surface area is 191 Å². The summed E-state index contributed by atoms with van der Waals surface area (Å²) < 4.78 is 1.06. The smallest absolute Gasteiger partial charge is 0.239 e. The molecule has 0 spiro atoms. The van der Waals surface area contributed by atoms with Gasteiger partial charge in [-0.15, -0.1) is 11.8 Å². The maximum Gasteiger partial charge on any atom is 0.239 e. The Morgan fingerprint density at radius 2 is 1.90 bits per heavy atom. The summed E-state index contributed by atoms with van der Waals surface area (Å²) in [5.74, 6) is 0.179. The summed E-state index contributed by atoms with van der Waals surface area (Å²) in [5, 5.41) is 6.42. The van der Waals surface area contributed by atoms with Crippen molar-refractivity contribution < 1.29 is 9.59 Å². The fourth-order valence-corrected chi connectivity index (χ4v) is 5.74. The van der Waals surface area contributed by atoms with Gasteiger partial charge in [0.25, 0.3) is 0 Å². The molecule has 1 heterocycles. The molecule has 5 nitrogen and oxygen atoms in total. The first kappa shape index (κ1) is 21.8. The molecule has 0 radical (unpaired) electrons. The van der Waals surface area contributed by atoms with Crippen LogP contribution in [0.4, 0.5) is 10.8 Å². The molecule has 1 aliphatic carbocycles. The maximum absolute atomic E-state index is 12.9. The zero-order valence-electron chi connectivity index (χ0n) is 17.6. The van der Waals surface area contributed by atoms with Crippen molar-refractivity contribution in [2.24, 2.45) is 5.92 Å². The number of nitrogens with zero attached hydrogens (tertiary/aromatic N) is 1. The fraction of sp³-hybridized carbons (Fsp3) is 0.375. The molecule has 1 unspecified atom stereocenters. The molecular formula is C24H27N3O2S2. The van der Waals surface area contributed by atoms with Crippen LogP contribution in [0.25, 0.3) is 10.2 Å². The number of rotatable bonds is 7. The highest BCUT2D eigenvalue weighted by Gasteiger charge is 2.22. The molecule has 0 aliphatic heterocycles. The van der Waals surface area contributed by atoms with E-state index in [1.165, 1.54) is 29.5 Å². The van der Waals surface area contributed by atoms with Gasteiger partial charge < -0.3 is 10.6 Å². The third kappa shape index (κ3) is 5.66. The molecule has 3 aromatic rings. The minimum atomic E-state index is -0.240. The van der Waals surface area contributed by atoms with Crippen LogP contribution < -0.4 is 10.6 Å². The number of amides is 2. The zero-order chi connectivity index (χ0) is 21.6. The molecule has 0 saturated heterocycles. The SMILES string of the molecule is CCC(Sc1cccc(NC(=O)C2CCCCC2)c1)C(=O)Nc1nc2ccccc2s1. The largest absolute Gasteiger partial charge is 0.326 e. The number of para-hydroxylation sites is 1. The van der Waals surface area contributed by atoms with E-state index in [1.807, 2.05) is 55.5 Å². The zero-order valence-corrected chi connectivity index (χ0v) is 19.2. The van der Waals surface area contributed by atoms with Crippen molar-refractivity contribution in [2.45, 2.75) is 55.6 Å². The lowest BCUT2D eigenvalue weighted by Gasteiger charge is -2.21. The summed E-state index contributed by atoms with van der Waals surface area (Å²) >= 11 is 3.00. The highest BCUT2D eigenvalue weighted by Crippen LogP contribution is 2.31. The Bertz CT molecular complexity index is 1030. The topological polar surface area (TPSA) is 71.1 Å². The van der Waals surface area contributed by atoms with Crippen LogP contribution in [-0.2, 0) is 9.59 Å². The van der Waals surface area contributed by atoms with Gasteiger partial charge in [0.1, 0.15) is 0 Å². The first-order valence-corrected chi connectivity index (χ1v) is 12.6. The number of anilines is 2. The second-order valence-electron chi connectivity index (χ2n) is 7.84. The van der Waals surface area contributed by atoms with Crippen LogP contribution in [-0.4, -0.2) is 22.0 Å². The lowest BCUT2D eigenvalue weighted by Crippen LogP contribution is -2.25. The summed E-state index contributed by atoms with van der Waals surface area (Å²) in [6, 6.07) is 15.6. The average Bonchev–Trinajstić information content (AvgIpc) is 3.20. The van der Waals surface area contributed by atoms with Gasteiger partial charge in [0.2, 0.25) is 11.8 Å². The fourth-order valence-electron chi connectivity index (χ4n) is 3.85. The number of thiazole rings is 1. The third-order valence-electron chi connectivity index (χ3n) is 5.54. The van der Waals surface area contributed by atoms with E-state index < -0.39 is 0 Å². The van der Waals surface area contributed by atoms with Gasteiger partial charge in [-0.05, 0) is 49.6 Å². The quantitative estimate of drug-likeness (QED) is 0.410. The number of carbonyl (C=O) groups excluding carboxylic acids is 2. The summed E-state index contributed by atoms with van der Waals surface area (Å²) in [6.45, 7) is 2.00. The number of fused-ring (bicyclic) bond motifs is 1. The lowest BCUT2D eigenvalue weighted by atomic mass is 9.88. The molecular weight excluding hydrogens is 426 g/mol. The van der Waals surface area contributed by atoms with Crippen LogP contribution in [0.1, 0.15) is 45.4 Å². The first-order chi connectivity index (χ1) is 15.1. The van der Waals surface area contributed by atoms with Crippen LogP contribution in [0.3, 0.4) is 0 Å². The van der Waals surface area contributed by atoms with E-state index in [9.17, 15) is 9.59 Å². The summed E-state index contributed by atoms with van der Waals surface area (Å²) in [5.41, 5.74) is 1.69. The number of benzene rings is 2. The molecule has 1 atom stereocenters. The molecule has 31 heavy (non-hydrogen) atoms. The molecule has 1 saturated carbocycles. The van der Waals surface area contributed by atoms with Crippen LogP contribution >= 0.6 is 23.1 Å². The van der Waals surface area contributed by atoms with Gasteiger partial charge in [-0.25, -0.2) is 4.98 Å². The predicted molar refractivity (Wildman–Crippen MR) is 130 cm³/mol. The number of aromatic nitrogens is 1. The Kier molecular flexibility index (Phi) is 7.25. The normalized spacial score (nSPS) is 15.5. The molecule has 162 valence electrons. The van der Waals surface area contributed by atoms with Gasteiger partial charge in [0.05, 0.1) is 15.5 Å². The number of hydrogen-bond donors (Lipinski definition) is 2. The first-order valence-electron chi connectivity index (χ1n) is 10.9. The molecule has 1 aliphatic rings. The second-order valence-corrected chi connectivity index (χ2v) is 10.1. The van der Waals surface area contributed by atoms with E-state index >= 15 is 0 Å². The highest BCUT2D eigenvalue weighted by atomic mass is 32.2. The van der Waals surface area contributed by atoms with Gasteiger partial charge >= 0.3 is 0 Å². The summed E-state index contributed by atoms with van der Waals surface area (Å²) in [4.78, 5) is 30.9. The molecule has 2 N–H and O–H groups in total. The van der Waals surface area contributed by atoms with E-state index in [4.69, 9.17) is 0 Å². The monoisotopic (exact) mass is 453 g/mol. The van der Waals surface area contributed by atoms with E-state index in [2.05, 4.69) is 15.6 Å². The molecule has 2 amide bonds. The Hall–Kier alpha value is -2.38. The van der Waals surface area contributed by atoms with E-state index in [0.29, 0.717) is 11.6 Å². The molecule has 1 aromatic heterocycles. The van der Waals surface area contributed by atoms with Gasteiger partial charge in [0, 0.05) is 16.5 Å². The molecule has 1 fully saturated rings. The lowest BCUT2D eigenvalue weighted by molar-refractivity contribution is -0.120. The van der Waals surface area contributed by atoms with Gasteiger partial charge in [0.15, 0.2) is 5.13 Å². The number of hydrogen-bond acceptors (Lipinski definition) is 5. The van der Waals surface area contributed by atoms with Crippen LogP contribution in [0.15, 0.2) is 53.4 Å². The van der Waals surface area contributed by atoms with Crippen LogP contribution in [0, 0.1) is 5.92 Å². The van der Waals surface area contributed by atoms with E-state index in [1.54, 1.807) is 0 Å². The van der Waals surface area contributed by atoms with Crippen molar-refractivity contribution in [2.75, 3.05) is 10.6 Å². The minimum Gasteiger partial charge on any atom is -0.326 e. The number of nitrogens with one attached hydrogen (secondary N) is 2. The third-order valence-corrected chi connectivity index (χ3v) is 7.85. The van der Waals surface area contributed by atoms with Crippen LogP contribution in [0.2, 0.25) is 0 Å². The van der Waals surface area contributed by atoms with Gasteiger partial charge in [-0.1, -0.05) is 55.7 Å². The van der Waals surface area contributed by atoms with Gasteiger partial charge in [-0.2, -0.15) is 0 Å². The average molecular weight is 454 g/mol. The van der Waals surface area contributed by atoms with Crippen molar-refractivity contribution in [3.63, 3.8) is 0 Å². The maximum atomic E-state index is 12.9. The Morgan fingerprint density at radius 1 is 1.10 bits per heavy atom. The van der Waals surface area contributed by atoms with Crippen molar-refractivity contribution in [3.05, 3.63) is 48.5 Å². The Balaban J connectivity index is 1.38. The molecule has 2 aromatic carbocycles. The van der Waals surface area contributed by atoms with Crippen molar-refractivity contribution in [1.29, 1.82) is 0 Å².